The second kappa shape index (κ2) is 8.54. The molecule has 0 aromatic carbocycles. The van der Waals surface area contributed by atoms with Crippen LogP contribution in [0.15, 0.2) is 36.8 Å². The second-order valence-corrected chi connectivity index (χ2v) is 7.76. The average Bonchev–Trinajstić information content (AvgIpc) is 3.29. The minimum Gasteiger partial charge on any atom is -0.349 e. The number of carbonyl (C=O) groups is 2. The summed E-state index contributed by atoms with van der Waals surface area (Å²) in [6.07, 6.45) is 12.4. The molecule has 2 aromatic heterocycles. The lowest BCUT2D eigenvalue weighted by Gasteiger charge is -2.35. The molecule has 1 saturated carbocycles. The number of nitrogens with zero attached hydrogens (tertiary/aromatic N) is 4. The normalized spacial score (nSPS) is 18.8. The Hall–Kier alpha value is -2.70. The molecule has 2 amide bonds. The fourth-order valence-corrected chi connectivity index (χ4v) is 4.18. The minimum atomic E-state index is -0.114. The molecule has 3 heterocycles. The Labute approximate surface area is 165 Å². The summed E-state index contributed by atoms with van der Waals surface area (Å²) in [5.41, 5.74) is 0.539. The molecule has 1 aliphatic heterocycles. The molecule has 1 N–H and O–H groups in total. The van der Waals surface area contributed by atoms with E-state index in [4.69, 9.17) is 0 Å². The van der Waals surface area contributed by atoms with Crippen molar-refractivity contribution in [1.29, 1.82) is 0 Å². The topological polar surface area (TPSA) is 80.1 Å². The summed E-state index contributed by atoms with van der Waals surface area (Å²) in [6, 6.07) is 5.48. The van der Waals surface area contributed by atoms with Gasteiger partial charge < -0.3 is 10.2 Å². The van der Waals surface area contributed by atoms with Gasteiger partial charge in [0.1, 0.15) is 0 Å². The highest BCUT2D eigenvalue weighted by molar-refractivity contribution is 5.94. The molecule has 0 spiro atoms. The van der Waals surface area contributed by atoms with E-state index in [2.05, 4.69) is 15.4 Å². The van der Waals surface area contributed by atoms with Gasteiger partial charge in [-0.2, -0.15) is 5.10 Å². The van der Waals surface area contributed by atoms with Gasteiger partial charge in [-0.15, -0.1) is 0 Å². The van der Waals surface area contributed by atoms with Crippen molar-refractivity contribution < 1.29 is 9.59 Å². The second-order valence-electron chi connectivity index (χ2n) is 7.76. The van der Waals surface area contributed by atoms with E-state index in [1.165, 1.54) is 19.3 Å². The molecule has 148 valence electrons. The summed E-state index contributed by atoms with van der Waals surface area (Å²) in [7, 11) is 0. The first kappa shape index (κ1) is 18.7. The third-order valence-corrected chi connectivity index (χ3v) is 5.85. The van der Waals surface area contributed by atoms with Crippen LogP contribution in [-0.2, 0) is 4.79 Å². The molecule has 7 nitrogen and oxygen atoms in total. The molecule has 28 heavy (non-hydrogen) atoms. The van der Waals surface area contributed by atoms with Gasteiger partial charge in [-0.3, -0.25) is 9.59 Å². The van der Waals surface area contributed by atoms with Gasteiger partial charge >= 0.3 is 0 Å². The number of pyridine rings is 1. The molecule has 2 fully saturated rings. The fourth-order valence-electron chi connectivity index (χ4n) is 4.18. The zero-order valence-electron chi connectivity index (χ0n) is 16.1. The minimum absolute atomic E-state index is 0.105. The summed E-state index contributed by atoms with van der Waals surface area (Å²) in [5, 5.41) is 7.22. The quantitative estimate of drug-likeness (QED) is 0.883. The van der Waals surface area contributed by atoms with Crippen molar-refractivity contribution in [2.45, 2.75) is 51.0 Å². The number of carbonyl (C=O) groups excluding carboxylic acids is 2. The van der Waals surface area contributed by atoms with Gasteiger partial charge in [0.15, 0.2) is 5.82 Å². The van der Waals surface area contributed by atoms with Crippen molar-refractivity contribution in [3.8, 4) is 5.82 Å². The molecule has 1 aliphatic carbocycles. The van der Waals surface area contributed by atoms with Crippen LogP contribution in [0.2, 0.25) is 0 Å². The third-order valence-electron chi connectivity index (χ3n) is 5.85. The Morgan fingerprint density at radius 2 is 1.82 bits per heavy atom. The summed E-state index contributed by atoms with van der Waals surface area (Å²) < 4.78 is 1.65. The Balaban J connectivity index is 1.27. The van der Waals surface area contributed by atoms with E-state index in [0.29, 0.717) is 17.3 Å². The van der Waals surface area contributed by atoms with E-state index >= 15 is 0 Å². The van der Waals surface area contributed by atoms with Crippen LogP contribution in [0.3, 0.4) is 0 Å². The Kier molecular flexibility index (Phi) is 5.69. The average molecular weight is 381 g/mol. The smallest absolute Gasteiger partial charge is 0.253 e. The molecule has 0 radical (unpaired) electrons. The molecule has 2 aliphatic rings. The third kappa shape index (κ3) is 4.24. The molecule has 1 saturated heterocycles. The molecule has 0 bridgehead atoms. The van der Waals surface area contributed by atoms with Gasteiger partial charge in [-0.05, 0) is 43.9 Å². The molecular weight excluding hydrogens is 354 g/mol. The van der Waals surface area contributed by atoms with Crippen LogP contribution < -0.4 is 5.32 Å². The van der Waals surface area contributed by atoms with Crippen LogP contribution in [0.4, 0.5) is 0 Å². The standard InChI is InChI=1S/C21H27N5O2/c27-20(17-7-8-19(22-15-17)26-12-4-11-23-26)24-18-9-13-25(14-10-18)21(28)16-5-2-1-3-6-16/h4,7-8,11-12,15-16,18H,1-3,5-6,9-10,13-14H2,(H,24,27). The van der Waals surface area contributed by atoms with Crippen LogP contribution >= 0.6 is 0 Å². The van der Waals surface area contributed by atoms with E-state index in [-0.39, 0.29) is 17.9 Å². The van der Waals surface area contributed by atoms with Crippen LogP contribution in [0, 0.1) is 5.92 Å². The maximum Gasteiger partial charge on any atom is 0.253 e. The summed E-state index contributed by atoms with van der Waals surface area (Å²) in [5.74, 6) is 1.11. The molecule has 0 unspecified atom stereocenters. The van der Waals surface area contributed by atoms with Gasteiger partial charge in [-0.1, -0.05) is 19.3 Å². The van der Waals surface area contributed by atoms with Crippen LogP contribution in [0.5, 0.6) is 0 Å². The summed E-state index contributed by atoms with van der Waals surface area (Å²) in [6.45, 7) is 1.47. The number of rotatable bonds is 4. The lowest BCUT2D eigenvalue weighted by molar-refractivity contribution is -0.137. The predicted octanol–water partition coefficient (Wildman–Crippen LogP) is 2.57. The predicted molar refractivity (Wildman–Crippen MR) is 105 cm³/mol. The summed E-state index contributed by atoms with van der Waals surface area (Å²) in [4.78, 5) is 31.5. The van der Waals surface area contributed by atoms with Crippen LogP contribution in [0.25, 0.3) is 5.82 Å². The summed E-state index contributed by atoms with van der Waals surface area (Å²) >= 11 is 0. The van der Waals surface area contributed by atoms with Crippen molar-refractivity contribution in [3.63, 3.8) is 0 Å². The van der Waals surface area contributed by atoms with Crippen molar-refractivity contribution in [3.05, 3.63) is 42.4 Å². The highest BCUT2D eigenvalue weighted by Gasteiger charge is 2.29. The van der Waals surface area contributed by atoms with E-state index in [9.17, 15) is 9.59 Å². The first-order valence-corrected chi connectivity index (χ1v) is 10.3. The van der Waals surface area contributed by atoms with Crippen molar-refractivity contribution in [2.75, 3.05) is 13.1 Å². The van der Waals surface area contributed by atoms with Crippen molar-refractivity contribution >= 4 is 11.8 Å². The highest BCUT2D eigenvalue weighted by Crippen LogP contribution is 2.26. The highest BCUT2D eigenvalue weighted by atomic mass is 16.2. The van der Waals surface area contributed by atoms with Gasteiger partial charge in [0.25, 0.3) is 5.91 Å². The zero-order valence-corrected chi connectivity index (χ0v) is 16.1. The van der Waals surface area contributed by atoms with Gasteiger partial charge in [0.05, 0.1) is 5.56 Å². The first-order valence-electron chi connectivity index (χ1n) is 10.3. The maximum atomic E-state index is 12.7. The molecule has 2 aromatic rings. The van der Waals surface area contributed by atoms with Gasteiger partial charge in [0, 0.05) is 43.6 Å². The zero-order chi connectivity index (χ0) is 19.3. The van der Waals surface area contributed by atoms with Gasteiger partial charge in [0.2, 0.25) is 5.91 Å². The largest absolute Gasteiger partial charge is 0.349 e. The Bertz CT molecular complexity index is 789. The number of hydrogen-bond donors (Lipinski definition) is 1. The number of piperidine rings is 1. The van der Waals surface area contributed by atoms with E-state index in [1.807, 2.05) is 17.2 Å². The van der Waals surface area contributed by atoms with Crippen LogP contribution in [-0.4, -0.2) is 50.6 Å². The Morgan fingerprint density at radius 1 is 1.04 bits per heavy atom. The van der Waals surface area contributed by atoms with E-state index in [0.717, 1.165) is 38.8 Å². The Morgan fingerprint density at radius 3 is 2.46 bits per heavy atom. The molecule has 7 heteroatoms. The van der Waals surface area contributed by atoms with Gasteiger partial charge in [-0.25, -0.2) is 9.67 Å². The lowest BCUT2D eigenvalue weighted by atomic mass is 9.87. The van der Waals surface area contributed by atoms with E-state index < -0.39 is 0 Å². The number of nitrogens with one attached hydrogen (secondary N) is 1. The molecule has 0 atom stereocenters. The van der Waals surface area contributed by atoms with Crippen LogP contribution in [0.1, 0.15) is 55.3 Å². The fraction of sp³-hybridized carbons (Fsp3) is 0.524. The number of amides is 2. The van der Waals surface area contributed by atoms with Crippen molar-refractivity contribution in [2.24, 2.45) is 5.92 Å². The van der Waals surface area contributed by atoms with E-state index in [1.54, 1.807) is 29.2 Å². The molecular formula is C21H27N5O2. The number of hydrogen-bond acceptors (Lipinski definition) is 4. The molecule has 4 rings (SSSR count). The monoisotopic (exact) mass is 381 g/mol. The number of likely N-dealkylation sites (tertiary alicyclic amines) is 1. The number of aromatic nitrogens is 3. The first-order chi connectivity index (χ1) is 13.7. The lowest BCUT2D eigenvalue weighted by Crippen LogP contribution is -2.48. The SMILES string of the molecule is O=C(NC1CCN(C(=O)C2CCCCC2)CC1)c1ccc(-n2cccn2)nc1. The van der Waals surface area contributed by atoms with Crippen molar-refractivity contribution in [1.82, 2.24) is 25.0 Å². The maximum absolute atomic E-state index is 12.7.